The average molecular weight is 184 g/mol. The number of aliphatic hydroxyl groups is 1. The van der Waals surface area contributed by atoms with Crippen molar-refractivity contribution in [2.45, 2.75) is 46.1 Å². The SMILES string of the molecule is CC(=O)[C@H]1CC[C@@](C)(O)[C@H]1C(C)C. The van der Waals surface area contributed by atoms with Crippen molar-refractivity contribution in [2.24, 2.45) is 17.8 Å². The van der Waals surface area contributed by atoms with Gasteiger partial charge in [0.1, 0.15) is 5.78 Å². The summed E-state index contributed by atoms with van der Waals surface area (Å²) >= 11 is 0. The van der Waals surface area contributed by atoms with Gasteiger partial charge in [-0.2, -0.15) is 0 Å². The molecule has 2 nitrogen and oxygen atoms in total. The van der Waals surface area contributed by atoms with Crippen molar-refractivity contribution in [3.8, 4) is 0 Å². The monoisotopic (exact) mass is 184 g/mol. The second-order valence-electron chi connectivity index (χ2n) is 4.88. The minimum Gasteiger partial charge on any atom is -0.390 e. The minimum atomic E-state index is -0.634. The molecule has 1 N–H and O–H groups in total. The molecule has 0 aromatic carbocycles. The van der Waals surface area contributed by atoms with Gasteiger partial charge >= 0.3 is 0 Å². The normalized spacial score (nSPS) is 39.8. The van der Waals surface area contributed by atoms with Crippen molar-refractivity contribution in [1.29, 1.82) is 0 Å². The molecule has 0 amide bonds. The van der Waals surface area contributed by atoms with Crippen molar-refractivity contribution in [3.05, 3.63) is 0 Å². The van der Waals surface area contributed by atoms with Gasteiger partial charge in [0.2, 0.25) is 0 Å². The molecular weight excluding hydrogens is 164 g/mol. The van der Waals surface area contributed by atoms with Crippen LogP contribution in [0.4, 0.5) is 0 Å². The van der Waals surface area contributed by atoms with E-state index in [0.717, 1.165) is 12.8 Å². The van der Waals surface area contributed by atoms with Crippen LogP contribution in [0, 0.1) is 17.8 Å². The van der Waals surface area contributed by atoms with Crippen LogP contribution in [0.15, 0.2) is 0 Å². The molecule has 3 atom stereocenters. The first-order chi connectivity index (χ1) is 5.86. The predicted octanol–water partition coefficient (Wildman–Crippen LogP) is 2.01. The number of hydrogen-bond acceptors (Lipinski definition) is 2. The third-order valence-electron chi connectivity index (χ3n) is 3.35. The van der Waals surface area contributed by atoms with Gasteiger partial charge in [0.25, 0.3) is 0 Å². The second-order valence-corrected chi connectivity index (χ2v) is 4.88. The molecule has 0 aromatic heterocycles. The Hall–Kier alpha value is -0.370. The maximum absolute atomic E-state index is 11.3. The Morgan fingerprint density at radius 3 is 2.38 bits per heavy atom. The molecule has 0 radical (unpaired) electrons. The smallest absolute Gasteiger partial charge is 0.133 e. The first-order valence-corrected chi connectivity index (χ1v) is 5.09. The highest BCUT2D eigenvalue weighted by atomic mass is 16.3. The summed E-state index contributed by atoms with van der Waals surface area (Å²) in [4.78, 5) is 11.3. The number of ketones is 1. The topological polar surface area (TPSA) is 37.3 Å². The highest BCUT2D eigenvalue weighted by molar-refractivity contribution is 5.79. The summed E-state index contributed by atoms with van der Waals surface area (Å²) in [5.74, 6) is 0.836. The highest BCUT2D eigenvalue weighted by Crippen LogP contribution is 2.44. The summed E-state index contributed by atoms with van der Waals surface area (Å²) in [6.07, 6.45) is 1.62. The van der Waals surface area contributed by atoms with Crippen LogP contribution in [-0.2, 0) is 4.79 Å². The van der Waals surface area contributed by atoms with Gasteiger partial charge in [-0.1, -0.05) is 13.8 Å². The number of hydrogen-bond donors (Lipinski definition) is 1. The summed E-state index contributed by atoms with van der Waals surface area (Å²) < 4.78 is 0. The van der Waals surface area contributed by atoms with E-state index in [1.807, 2.05) is 6.92 Å². The van der Waals surface area contributed by atoms with Crippen molar-refractivity contribution in [1.82, 2.24) is 0 Å². The Balaban J connectivity index is 2.86. The van der Waals surface area contributed by atoms with E-state index in [4.69, 9.17) is 0 Å². The number of rotatable bonds is 2. The zero-order valence-corrected chi connectivity index (χ0v) is 9.00. The molecule has 2 heteroatoms. The lowest BCUT2D eigenvalue weighted by molar-refractivity contribution is -0.124. The van der Waals surface area contributed by atoms with Crippen molar-refractivity contribution in [2.75, 3.05) is 0 Å². The van der Waals surface area contributed by atoms with Crippen LogP contribution in [0.3, 0.4) is 0 Å². The quantitative estimate of drug-likeness (QED) is 0.712. The van der Waals surface area contributed by atoms with Crippen LogP contribution < -0.4 is 0 Å². The van der Waals surface area contributed by atoms with Crippen molar-refractivity contribution in [3.63, 3.8) is 0 Å². The van der Waals surface area contributed by atoms with Gasteiger partial charge in [-0.15, -0.1) is 0 Å². The van der Waals surface area contributed by atoms with E-state index >= 15 is 0 Å². The zero-order chi connectivity index (χ0) is 10.2. The van der Waals surface area contributed by atoms with E-state index in [2.05, 4.69) is 13.8 Å². The van der Waals surface area contributed by atoms with Crippen LogP contribution in [0.2, 0.25) is 0 Å². The van der Waals surface area contributed by atoms with Gasteiger partial charge in [-0.25, -0.2) is 0 Å². The second kappa shape index (κ2) is 3.41. The van der Waals surface area contributed by atoms with Crippen LogP contribution >= 0.6 is 0 Å². The average Bonchev–Trinajstić information content (AvgIpc) is 2.24. The molecule has 1 aliphatic rings. The third kappa shape index (κ3) is 1.93. The maximum atomic E-state index is 11.3. The molecule has 1 rings (SSSR count). The Bertz CT molecular complexity index is 206. The standard InChI is InChI=1S/C11H20O2/c1-7(2)10-9(8(3)12)5-6-11(10,4)13/h7,9-10,13H,5-6H2,1-4H3/t9-,10+,11-/m1/s1. The molecule has 13 heavy (non-hydrogen) atoms. The Morgan fingerprint density at radius 1 is 1.54 bits per heavy atom. The van der Waals surface area contributed by atoms with E-state index in [1.165, 1.54) is 0 Å². The van der Waals surface area contributed by atoms with Crippen molar-refractivity contribution < 1.29 is 9.90 Å². The Morgan fingerprint density at radius 2 is 2.08 bits per heavy atom. The molecule has 1 saturated carbocycles. The minimum absolute atomic E-state index is 0.0787. The summed E-state index contributed by atoms with van der Waals surface area (Å²) in [5.41, 5.74) is -0.634. The van der Waals surface area contributed by atoms with Gasteiger partial charge in [0.15, 0.2) is 0 Å². The lowest BCUT2D eigenvalue weighted by Gasteiger charge is -2.31. The fraction of sp³-hybridized carbons (Fsp3) is 0.909. The molecule has 0 aliphatic heterocycles. The molecule has 0 unspecified atom stereocenters. The van der Waals surface area contributed by atoms with E-state index in [-0.39, 0.29) is 17.6 Å². The predicted molar refractivity (Wildman–Crippen MR) is 52.4 cm³/mol. The van der Waals surface area contributed by atoms with Crippen molar-refractivity contribution >= 4 is 5.78 Å². The lowest BCUT2D eigenvalue weighted by Crippen LogP contribution is -2.37. The summed E-state index contributed by atoms with van der Waals surface area (Å²) in [7, 11) is 0. The summed E-state index contributed by atoms with van der Waals surface area (Å²) in [6, 6.07) is 0. The molecule has 0 aromatic rings. The van der Waals surface area contributed by atoms with Crippen LogP contribution in [0.5, 0.6) is 0 Å². The zero-order valence-electron chi connectivity index (χ0n) is 9.00. The molecule has 0 saturated heterocycles. The Kier molecular flexibility index (Phi) is 2.81. The van der Waals surface area contributed by atoms with Gasteiger partial charge in [-0.05, 0) is 38.5 Å². The molecule has 1 aliphatic carbocycles. The highest BCUT2D eigenvalue weighted by Gasteiger charge is 2.46. The van der Waals surface area contributed by atoms with Crippen LogP contribution in [-0.4, -0.2) is 16.5 Å². The first-order valence-electron chi connectivity index (χ1n) is 5.09. The molecule has 76 valence electrons. The van der Waals surface area contributed by atoms with E-state index in [9.17, 15) is 9.90 Å². The Labute approximate surface area is 80.3 Å². The molecular formula is C11H20O2. The number of Topliss-reactive ketones (excluding diaryl/α,β-unsaturated/α-hetero) is 1. The van der Waals surface area contributed by atoms with Gasteiger partial charge in [0, 0.05) is 5.92 Å². The molecule has 0 spiro atoms. The summed E-state index contributed by atoms with van der Waals surface area (Å²) in [6.45, 7) is 7.67. The van der Waals surface area contributed by atoms with Gasteiger partial charge < -0.3 is 5.11 Å². The fourth-order valence-corrected chi connectivity index (χ4v) is 2.87. The molecule has 0 bridgehead atoms. The largest absolute Gasteiger partial charge is 0.390 e. The molecule has 0 heterocycles. The first kappa shape index (κ1) is 10.7. The van der Waals surface area contributed by atoms with E-state index in [1.54, 1.807) is 6.92 Å². The summed E-state index contributed by atoms with van der Waals surface area (Å²) in [5, 5.41) is 10.1. The number of carbonyl (C=O) groups excluding carboxylic acids is 1. The van der Waals surface area contributed by atoms with Crippen LogP contribution in [0.25, 0.3) is 0 Å². The van der Waals surface area contributed by atoms with E-state index < -0.39 is 5.60 Å². The van der Waals surface area contributed by atoms with Crippen LogP contribution in [0.1, 0.15) is 40.5 Å². The van der Waals surface area contributed by atoms with Gasteiger partial charge in [0.05, 0.1) is 5.60 Å². The lowest BCUT2D eigenvalue weighted by atomic mass is 9.77. The molecule has 1 fully saturated rings. The third-order valence-corrected chi connectivity index (χ3v) is 3.35. The fourth-order valence-electron chi connectivity index (χ4n) is 2.87. The van der Waals surface area contributed by atoms with E-state index in [0.29, 0.717) is 5.92 Å². The van der Waals surface area contributed by atoms with Gasteiger partial charge in [-0.3, -0.25) is 4.79 Å². The number of carbonyl (C=O) groups is 1. The maximum Gasteiger partial charge on any atom is 0.133 e.